The molecule has 2 aromatic rings. The Bertz CT molecular complexity index is 665. The molecule has 0 saturated heterocycles. The molecule has 0 aromatic heterocycles. The maximum atomic E-state index is 11.0. The smallest absolute Gasteiger partial charge is 0.274 e. The number of halogens is 3. The van der Waals surface area contributed by atoms with Crippen molar-refractivity contribution in [1.82, 2.24) is 0 Å². The molecular weight excluding hydrogens is 367 g/mol. The van der Waals surface area contributed by atoms with E-state index in [2.05, 4.69) is 21.2 Å². The van der Waals surface area contributed by atoms with Crippen molar-refractivity contribution in [2.24, 2.45) is 0 Å². The Morgan fingerprint density at radius 1 is 1.20 bits per heavy atom. The number of nitrogens with zero attached hydrogens (tertiary/aromatic N) is 1. The number of rotatable bonds is 4. The Labute approximate surface area is 134 Å². The standard InChI is InChI=1S/C13H9BrCl2N2O2/c14-9-1-3-11(16)12(6-9)17-7-8-5-10(15)2-4-13(8)18(19)20/h1-6,17H,7H2. The Morgan fingerprint density at radius 3 is 2.65 bits per heavy atom. The van der Waals surface area contributed by atoms with Gasteiger partial charge in [-0.3, -0.25) is 10.1 Å². The highest BCUT2D eigenvalue weighted by molar-refractivity contribution is 9.10. The summed E-state index contributed by atoms with van der Waals surface area (Å²) in [5.41, 5.74) is 1.21. The molecular formula is C13H9BrCl2N2O2. The largest absolute Gasteiger partial charge is 0.379 e. The first-order valence-electron chi connectivity index (χ1n) is 5.59. The molecule has 2 rings (SSSR count). The fraction of sp³-hybridized carbons (Fsp3) is 0.0769. The zero-order valence-electron chi connectivity index (χ0n) is 10.1. The van der Waals surface area contributed by atoms with Crippen LogP contribution < -0.4 is 5.32 Å². The topological polar surface area (TPSA) is 55.2 Å². The van der Waals surface area contributed by atoms with Crippen LogP contribution in [0.4, 0.5) is 11.4 Å². The highest BCUT2D eigenvalue weighted by Crippen LogP contribution is 2.28. The summed E-state index contributed by atoms with van der Waals surface area (Å²) in [7, 11) is 0. The van der Waals surface area contributed by atoms with Gasteiger partial charge in [0, 0.05) is 22.1 Å². The Balaban J connectivity index is 2.24. The quantitative estimate of drug-likeness (QED) is 0.584. The molecule has 2 aromatic carbocycles. The molecule has 104 valence electrons. The number of benzene rings is 2. The molecule has 0 aliphatic heterocycles. The third-order valence-electron chi connectivity index (χ3n) is 2.64. The van der Waals surface area contributed by atoms with Gasteiger partial charge in [0.05, 0.1) is 21.2 Å². The monoisotopic (exact) mass is 374 g/mol. The van der Waals surface area contributed by atoms with Gasteiger partial charge in [-0.15, -0.1) is 0 Å². The van der Waals surface area contributed by atoms with E-state index in [4.69, 9.17) is 23.2 Å². The first kappa shape index (κ1) is 15.1. The van der Waals surface area contributed by atoms with Gasteiger partial charge >= 0.3 is 0 Å². The van der Waals surface area contributed by atoms with Crippen LogP contribution in [-0.2, 0) is 6.54 Å². The molecule has 0 heterocycles. The first-order chi connectivity index (χ1) is 9.47. The van der Waals surface area contributed by atoms with Crippen LogP contribution in [0.1, 0.15) is 5.56 Å². The Hall–Kier alpha value is -1.30. The summed E-state index contributed by atoms with van der Waals surface area (Å²) in [6.07, 6.45) is 0. The maximum Gasteiger partial charge on any atom is 0.274 e. The maximum absolute atomic E-state index is 11.0. The molecule has 0 aliphatic rings. The lowest BCUT2D eigenvalue weighted by Crippen LogP contribution is -2.03. The van der Waals surface area contributed by atoms with Crippen LogP contribution >= 0.6 is 39.1 Å². The lowest BCUT2D eigenvalue weighted by atomic mass is 10.1. The van der Waals surface area contributed by atoms with Crippen LogP contribution in [0.3, 0.4) is 0 Å². The third-order valence-corrected chi connectivity index (χ3v) is 3.69. The van der Waals surface area contributed by atoms with E-state index in [9.17, 15) is 10.1 Å². The number of hydrogen-bond acceptors (Lipinski definition) is 3. The second-order valence-corrected chi connectivity index (χ2v) is 5.77. The molecule has 7 heteroatoms. The molecule has 0 fully saturated rings. The van der Waals surface area contributed by atoms with Gasteiger partial charge in [0.25, 0.3) is 5.69 Å². The lowest BCUT2D eigenvalue weighted by Gasteiger charge is -2.09. The van der Waals surface area contributed by atoms with Crippen molar-refractivity contribution in [3.8, 4) is 0 Å². The Kier molecular flexibility index (Phi) is 4.86. The van der Waals surface area contributed by atoms with Crippen LogP contribution in [-0.4, -0.2) is 4.92 Å². The molecule has 1 N–H and O–H groups in total. The normalized spacial score (nSPS) is 10.3. The summed E-state index contributed by atoms with van der Waals surface area (Å²) in [6.45, 7) is 0.257. The predicted octanol–water partition coefficient (Wildman–Crippen LogP) is 5.28. The van der Waals surface area contributed by atoms with Crippen molar-refractivity contribution in [2.45, 2.75) is 6.54 Å². The average molecular weight is 376 g/mol. The molecule has 0 amide bonds. The SMILES string of the molecule is O=[N+]([O-])c1ccc(Cl)cc1CNc1cc(Br)ccc1Cl. The molecule has 0 spiro atoms. The second-order valence-electron chi connectivity index (χ2n) is 4.01. The van der Waals surface area contributed by atoms with E-state index in [1.165, 1.54) is 12.1 Å². The fourth-order valence-corrected chi connectivity index (χ4v) is 2.44. The van der Waals surface area contributed by atoms with Gasteiger partial charge in [0.15, 0.2) is 0 Å². The number of nitro benzene ring substituents is 1. The minimum Gasteiger partial charge on any atom is -0.379 e. The van der Waals surface area contributed by atoms with Crippen molar-refractivity contribution < 1.29 is 4.92 Å². The Morgan fingerprint density at radius 2 is 1.95 bits per heavy atom. The van der Waals surface area contributed by atoms with Crippen molar-refractivity contribution >= 4 is 50.5 Å². The predicted molar refractivity (Wildman–Crippen MR) is 84.6 cm³/mol. The molecule has 0 atom stereocenters. The van der Waals surface area contributed by atoms with Gasteiger partial charge in [-0.2, -0.15) is 0 Å². The van der Waals surface area contributed by atoms with Gasteiger partial charge in [0.1, 0.15) is 0 Å². The highest BCUT2D eigenvalue weighted by Gasteiger charge is 2.14. The van der Waals surface area contributed by atoms with Crippen LogP contribution in [0.2, 0.25) is 10.0 Å². The van der Waals surface area contributed by atoms with Gasteiger partial charge in [-0.05, 0) is 30.3 Å². The number of nitrogens with one attached hydrogen (secondary N) is 1. The molecule has 0 radical (unpaired) electrons. The summed E-state index contributed by atoms with van der Waals surface area (Å²) >= 11 is 15.3. The van der Waals surface area contributed by atoms with Gasteiger partial charge in [0.2, 0.25) is 0 Å². The lowest BCUT2D eigenvalue weighted by molar-refractivity contribution is -0.385. The van der Waals surface area contributed by atoms with Crippen LogP contribution in [0.5, 0.6) is 0 Å². The third kappa shape index (κ3) is 3.62. The van der Waals surface area contributed by atoms with E-state index in [1.807, 2.05) is 6.07 Å². The summed E-state index contributed by atoms with van der Waals surface area (Å²) < 4.78 is 0.866. The molecule has 0 unspecified atom stereocenters. The first-order valence-corrected chi connectivity index (χ1v) is 7.14. The van der Waals surface area contributed by atoms with Crippen LogP contribution in [0, 0.1) is 10.1 Å². The summed E-state index contributed by atoms with van der Waals surface area (Å²) in [5, 5.41) is 15.0. The molecule has 0 aliphatic carbocycles. The van der Waals surface area contributed by atoms with E-state index in [1.54, 1.807) is 18.2 Å². The fourth-order valence-electron chi connectivity index (χ4n) is 1.70. The van der Waals surface area contributed by atoms with Crippen molar-refractivity contribution in [3.05, 3.63) is 66.6 Å². The highest BCUT2D eigenvalue weighted by atomic mass is 79.9. The van der Waals surface area contributed by atoms with E-state index < -0.39 is 4.92 Å². The van der Waals surface area contributed by atoms with Crippen molar-refractivity contribution in [2.75, 3.05) is 5.32 Å². The van der Waals surface area contributed by atoms with Crippen LogP contribution in [0.25, 0.3) is 0 Å². The number of anilines is 1. The summed E-state index contributed by atoms with van der Waals surface area (Å²) in [5.74, 6) is 0. The molecule has 20 heavy (non-hydrogen) atoms. The summed E-state index contributed by atoms with van der Waals surface area (Å²) in [4.78, 5) is 10.5. The van der Waals surface area contributed by atoms with Crippen LogP contribution in [0.15, 0.2) is 40.9 Å². The number of hydrogen-bond donors (Lipinski definition) is 1. The minimum absolute atomic E-state index is 0.0213. The van der Waals surface area contributed by atoms with Gasteiger partial charge in [-0.1, -0.05) is 39.1 Å². The molecule has 0 saturated carbocycles. The van der Waals surface area contributed by atoms with Crippen molar-refractivity contribution in [3.63, 3.8) is 0 Å². The molecule has 0 bridgehead atoms. The van der Waals surface area contributed by atoms with Gasteiger partial charge < -0.3 is 5.32 Å². The van der Waals surface area contributed by atoms with E-state index in [0.717, 1.165) is 4.47 Å². The zero-order valence-corrected chi connectivity index (χ0v) is 13.2. The van der Waals surface area contributed by atoms with E-state index in [0.29, 0.717) is 21.3 Å². The molecule has 4 nitrogen and oxygen atoms in total. The zero-order chi connectivity index (χ0) is 14.7. The van der Waals surface area contributed by atoms with Crippen molar-refractivity contribution in [1.29, 1.82) is 0 Å². The van der Waals surface area contributed by atoms with E-state index in [-0.39, 0.29) is 12.2 Å². The minimum atomic E-state index is -0.435. The number of nitro groups is 1. The average Bonchev–Trinajstić information content (AvgIpc) is 2.39. The van der Waals surface area contributed by atoms with E-state index >= 15 is 0 Å². The summed E-state index contributed by atoms with van der Waals surface area (Å²) in [6, 6.07) is 9.81. The second kappa shape index (κ2) is 6.43. The van der Waals surface area contributed by atoms with Gasteiger partial charge in [-0.25, -0.2) is 0 Å².